The Balaban J connectivity index is 0.757. The van der Waals surface area contributed by atoms with Gasteiger partial charge in [-0.3, -0.25) is 24.6 Å². The summed E-state index contributed by atoms with van der Waals surface area (Å²) in [5, 5.41) is 8.31. The van der Waals surface area contributed by atoms with E-state index in [0.29, 0.717) is 35.8 Å². The van der Waals surface area contributed by atoms with Gasteiger partial charge in [0.15, 0.2) is 5.65 Å². The van der Waals surface area contributed by atoms with Crippen molar-refractivity contribution in [3.63, 3.8) is 0 Å². The van der Waals surface area contributed by atoms with Gasteiger partial charge in [-0.25, -0.2) is 14.6 Å². The second-order valence-electron chi connectivity index (χ2n) is 15.6. The third kappa shape index (κ3) is 5.56. The van der Waals surface area contributed by atoms with E-state index in [0.717, 1.165) is 96.9 Å². The molecule has 1 spiro atoms. The molecule has 3 amide bonds. The molecule has 5 aromatic rings. The fourth-order valence-corrected chi connectivity index (χ4v) is 9.26. The van der Waals surface area contributed by atoms with Crippen LogP contribution in [0.1, 0.15) is 60.5 Å². The van der Waals surface area contributed by atoms with Crippen LogP contribution in [0.25, 0.3) is 22.3 Å². The summed E-state index contributed by atoms with van der Waals surface area (Å²) < 4.78 is 8.10. The lowest BCUT2D eigenvalue weighted by atomic mass is 9.66. The quantitative estimate of drug-likeness (QED) is 0.221. The number of benzene rings is 3. The molecule has 1 saturated carbocycles. The number of nitrogens with zero attached hydrogens (tertiary/aromatic N) is 7. The standard InChI is InChI=1S/C41H41N9O4/c42-37-35-36(25-6-9-31(10-7-25)54-30-4-2-1-3-5-30)46-50(38(35)44-24-43-37)27-14-16-41(17-15-27)22-48(23-41)29-20-47(21-29)28-8-11-32-26(18-28)19-49(40(32)53)33-12-13-34(51)45-39(33)52/h1-11,18,24,27,29,33H,12-17,19-23H2,(H2,42,43,44)(H,45,51,52)/t33-/m0/s1. The van der Waals surface area contributed by atoms with Gasteiger partial charge >= 0.3 is 0 Å². The SMILES string of the molecule is Nc1ncnc2c1c(-c1ccc(Oc3ccccc3)cc1)nn2C1CCC2(CC1)CN(C1CN(c3ccc4c(c3)CN([C@H]3CCC(=O)NC3=O)C4=O)C1)C2. The van der Waals surface area contributed by atoms with Crippen molar-refractivity contribution in [1.29, 1.82) is 0 Å². The summed E-state index contributed by atoms with van der Waals surface area (Å²) in [7, 11) is 0. The molecule has 6 heterocycles. The van der Waals surface area contributed by atoms with Crippen LogP contribution in [0.2, 0.25) is 0 Å². The first-order valence-corrected chi connectivity index (χ1v) is 18.9. The molecule has 1 aliphatic carbocycles. The van der Waals surface area contributed by atoms with E-state index in [2.05, 4.69) is 35.8 Å². The van der Waals surface area contributed by atoms with Gasteiger partial charge in [-0.2, -0.15) is 5.10 Å². The third-order valence-corrected chi connectivity index (χ3v) is 12.3. The van der Waals surface area contributed by atoms with Crippen LogP contribution in [0.5, 0.6) is 11.5 Å². The zero-order valence-electron chi connectivity index (χ0n) is 29.9. The maximum atomic E-state index is 13.1. The van der Waals surface area contributed by atoms with E-state index in [4.69, 9.17) is 15.6 Å². The molecule has 0 unspecified atom stereocenters. The molecule has 0 bridgehead atoms. The molecule has 10 rings (SSSR count). The minimum absolute atomic E-state index is 0.133. The normalized spacial score (nSPS) is 21.6. The Kier molecular flexibility index (Phi) is 7.68. The number of piperidine rings is 1. The van der Waals surface area contributed by atoms with Crippen molar-refractivity contribution < 1.29 is 19.1 Å². The summed E-state index contributed by atoms with van der Waals surface area (Å²) in [4.78, 5) is 52.8. The number of nitrogens with two attached hydrogens (primary N) is 1. The lowest BCUT2D eigenvalue weighted by Gasteiger charge is -2.59. The van der Waals surface area contributed by atoms with Crippen molar-refractivity contribution in [3.8, 4) is 22.8 Å². The van der Waals surface area contributed by atoms with Crippen molar-refractivity contribution in [2.45, 2.75) is 63.2 Å². The predicted molar refractivity (Wildman–Crippen MR) is 202 cm³/mol. The predicted octanol–water partition coefficient (Wildman–Crippen LogP) is 4.93. The number of para-hydroxylation sites is 1. The second-order valence-corrected chi connectivity index (χ2v) is 15.6. The molecule has 1 atom stereocenters. The molecule has 4 fully saturated rings. The van der Waals surface area contributed by atoms with E-state index < -0.39 is 6.04 Å². The summed E-state index contributed by atoms with van der Waals surface area (Å²) in [6.45, 7) is 4.56. The van der Waals surface area contributed by atoms with Crippen LogP contribution in [-0.2, 0) is 16.1 Å². The number of rotatable bonds is 7. The maximum absolute atomic E-state index is 13.1. The molecule has 13 heteroatoms. The number of anilines is 2. The van der Waals surface area contributed by atoms with Crippen LogP contribution >= 0.6 is 0 Å². The highest BCUT2D eigenvalue weighted by Gasteiger charge is 2.50. The molecule has 2 aromatic heterocycles. The smallest absolute Gasteiger partial charge is 0.255 e. The lowest BCUT2D eigenvalue weighted by Crippen LogP contribution is -2.69. The summed E-state index contributed by atoms with van der Waals surface area (Å²) in [5.41, 5.74) is 12.0. The van der Waals surface area contributed by atoms with Crippen molar-refractivity contribution >= 4 is 40.3 Å². The Morgan fingerprint density at radius 1 is 0.852 bits per heavy atom. The molecular formula is C41H41N9O4. The Labute approximate surface area is 312 Å². The number of carbonyl (C=O) groups excluding carboxylic acids is 3. The van der Waals surface area contributed by atoms with Crippen molar-refractivity contribution in [1.82, 2.24) is 34.9 Å². The van der Waals surface area contributed by atoms with E-state index in [9.17, 15) is 14.4 Å². The number of aromatic nitrogens is 4. The van der Waals surface area contributed by atoms with Gasteiger partial charge in [-0.05, 0) is 97.7 Å². The molecule has 3 N–H and O–H groups in total. The molecular weight excluding hydrogens is 683 g/mol. The number of likely N-dealkylation sites (tertiary alicyclic amines) is 1. The van der Waals surface area contributed by atoms with E-state index in [1.54, 1.807) is 4.90 Å². The topological polar surface area (TPSA) is 152 Å². The molecule has 274 valence electrons. The number of amides is 3. The summed E-state index contributed by atoms with van der Waals surface area (Å²) in [6.07, 6.45) is 6.54. The number of nitrogens with one attached hydrogen (secondary N) is 1. The van der Waals surface area contributed by atoms with E-state index in [1.165, 1.54) is 6.33 Å². The zero-order chi connectivity index (χ0) is 36.6. The molecule has 3 saturated heterocycles. The number of imide groups is 1. The molecule has 4 aliphatic heterocycles. The van der Waals surface area contributed by atoms with Crippen molar-refractivity contribution in [2.24, 2.45) is 5.41 Å². The Hall–Kier alpha value is -5.82. The number of hydrogen-bond donors (Lipinski definition) is 2. The average molecular weight is 724 g/mol. The van der Waals surface area contributed by atoms with E-state index >= 15 is 0 Å². The van der Waals surface area contributed by atoms with E-state index in [-0.39, 0.29) is 30.2 Å². The molecule has 54 heavy (non-hydrogen) atoms. The van der Waals surface area contributed by atoms with Crippen LogP contribution in [0.3, 0.4) is 0 Å². The number of ether oxygens (including phenoxy) is 1. The first-order valence-electron chi connectivity index (χ1n) is 18.9. The largest absolute Gasteiger partial charge is 0.457 e. The van der Waals surface area contributed by atoms with Crippen LogP contribution in [0.4, 0.5) is 11.5 Å². The summed E-state index contributed by atoms with van der Waals surface area (Å²) >= 11 is 0. The average Bonchev–Trinajstić information content (AvgIpc) is 3.70. The molecule has 3 aromatic carbocycles. The fourth-order valence-electron chi connectivity index (χ4n) is 9.26. The summed E-state index contributed by atoms with van der Waals surface area (Å²) in [5.74, 6) is 1.19. The van der Waals surface area contributed by atoms with Gasteiger partial charge in [0, 0.05) is 62.0 Å². The first kappa shape index (κ1) is 32.8. The number of hydrogen-bond acceptors (Lipinski definition) is 10. The van der Waals surface area contributed by atoms with Gasteiger partial charge in [0.25, 0.3) is 5.91 Å². The highest BCUT2D eigenvalue weighted by molar-refractivity contribution is 6.05. The van der Waals surface area contributed by atoms with Crippen LogP contribution < -0.4 is 20.7 Å². The highest BCUT2D eigenvalue weighted by Crippen LogP contribution is 2.49. The molecule has 5 aliphatic rings. The number of fused-ring (bicyclic) bond motifs is 2. The lowest BCUT2D eigenvalue weighted by molar-refractivity contribution is -0.136. The van der Waals surface area contributed by atoms with Gasteiger partial charge in [0.1, 0.15) is 35.4 Å². The van der Waals surface area contributed by atoms with Gasteiger partial charge in [0.05, 0.1) is 11.4 Å². The fraction of sp³-hybridized carbons (Fsp3) is 0.366. The Morgan fingerprint density at radius 2 is 1.61 bits per heavy atom. The van der Waals surface area contributed by atoms with Crippen LogP contribution in [-0.4, -0.2) is 85.5 Å². The third-order valence-electron chi connectivity index (χ3n) is 12.3. The Morgan fingerprint density at radius 3 is 2.37 bits per heavy atom. The molecule has 13 nitrogen and oxygen atoms in total. The van der Waals surface area contributed by atoms with Gasteiger partial charge in [-0.15, -0.1) is 0 Å². The number of carbonyl (C=O) groups is 3. The van der Waals surface area contributed by atoms with E-state index in [1.807, 2.05) is 66.7 Å². The van der Waals surface area contributed by atoms with Crippen molar-refractivity contribution in [3.05, 3.63) is 90.3 Å². The van der Waals surface area contributed by atoms with Crippen LogP contribution in [0, 0.1) is 5.41 Å². The number of nitrogen functional groups attached to an aromatic ring is 1. The van der Waals surface area contributed by atoms with Gasteiger partial charge in [0.2, 0.25) is 11.8 Å². The minimum Gasteiger partial charge on any atom is -0.457 e. The van der Waals surface area contributed by atoms with Gasteiger partial charge < -0.3 is 20.3 Å². The van der Waals surface area contributed by atoms with Crippen molar-refractivity contribution in [2.75, 3.05) is 36.8 Å². The Bertz CT molecular complexity index is 2290. The monoisotopic (exact) mass is 723 g/mol. The first-order chi connectivity index (χ1) is 26.3. The zero-order valence-corrected chi connectivity index (χ0v) is 29.9. The van der Waals surface area contributed by atoms with Crippen LogP contribution in [0.15, 0.2) is 79.1 Å². The second kappa shape index (κ2) is 12.7. The molecule has 0 radical (unpaired) electrons. The highest BCUT2D eigenvalue weighted by atomic mass is 16.5. The van der Waals surface area contributed by atoms with Gasteiger partial charge in [-0.1, -0.05) is 18.2 Å². The maximum Gasteiger partial charge on any atom is 0.255 e. The minimum atomic E-state index is -0.595. The summed E-state index contributed by atoms with van der Waals surface area (Å²) in [6, 6.07) is 23.9.